The highest BCUT2D eigenvalue weighted by Crippen LogP contribution is 2.28. The quantitative estimate of drug-likeness (QED) is 0.260. The molecule has 2 heterocycles. The zero-order valence-electron chi connectivity index (χ0n) is 15.1. The molecular formula is C20H17N3OS3. The second-order valence-corrected chi connectivity index (χ2v) is 8.64. The van der Waals surface area contributed by atoms with E-state index in [0.29, 0.717) is 19.5 Å². The fraction of sp³-hybridized carbons (Fsp3) is 0.150. The summed E-state index contributed by atoms with van der Waals surface area (Å²) in [6.07, 6.45) is 1.93. The Labute approximate surface area is 170 Å². The standard InChI is InChI=1S/C20H17N3OS3/c1-12-9-10-15(13(2)11-12)23-17-16(27-20(23)25)18(24)22(19(21-17)26-3)14-7-5-4-6-8-14/h4-11H,1-3H3. The molecule has 0 spiro atoms. The molecule has 0 fully saturated rings. The van der Waals surface area contributed by atoms with Crippen LogP contribution in [0.25, 0.3) is 21.7 Å². The summed E-state index contributed by atoms with van der Waals surface area (Å²) in [5.74, 6) is 0. The van der Waals surface area contributed by atoms with Gasteiger partial charge < -0.3 is 0 Å². The number of benzene rings is 2. The van der Waals surface area contributed by atoms with Crippen LogP contribution in [0.1, 0.15) is 11.1 Å². The van der Waals surface area contributed by atoms with Crippen LogP contribution in [-0.2, 0) is 0 Å². The van der Waals surface area contributed by atoms with E-state index < -0.39 is 0 Å². The largest absolute Gasteiger partial charge is 0.278 e. The zero-order valence-corrected chi connectivity index (χ0v) is 17.5. The smallest absolute Gasteiger partial charge is 0.275 e. The number of thiazole rings is 1. The van der Waals surface area contributed by atoms with E-state index in [9.17, 15) is 4.79 Å². The van der Waals surface area contributed by atoms with Crippen molar-refractivity contribution < 1.29 is 0 Å². The molecule has 136 valence electrons. The number of aromatic nitrogens is 3. The zero-order chi connectivity index (χ0) is 19.1. The first-order valence-corrected chi connectivity index (χ1v) is 10.8. The molecule has 4 aromatic rings. The Kier molecular flexibility index (Phi) is 4.75. The maximum atomic E-state index is 13.3. The number of para-hydroxylation sites is 1. The summed E-state index contributed by atoms with van der Waals surface area (Å²) in [4.78, 5) is 18.1. The summed E-state index contributed by atoms with van der Waals surface area (Å²) >= 11 is 8.38. The molecule has 27 heavy (non-hydrogen) atoms. The maximum absolute atomic E-state index is 13.3. The van der Waals surface area contributed by atoms with Gasteiger partial charge in [0.25, 0.3) is 5.56 Å². The number of hydrogen-bond donors (Lipinski definition) is 0. The molecule has 0 bridgehead atoms. The van der Waals surface area contributed by atoms with E-state index in [4.69, 9.17) is 17.2 Å². The first-order valence-electron chi connectivity index (χ1n) is 8.37. The van der Waals surface area contributed by atoms with E-state index >= 15 is 0 Å². The van der Waals surface area contributed by atoms with Gasteiger partial charge in [0.05, 0.1) is 11.4 Å². The van der Waals surface area contributed by atoms with Gasteiger partial charge in [-0.15, -0.1) is 0 Å². The average Bonchev–Trinajstić information content (AvgIpc) is 2.99. The van der Waals surface area contributed by atoms with Crippen LogP contribution in [0.4, 0.5) is 0 Å². The Morgan fingerprint density at radius 2 is 1.81 bits per heavy atom. The van der Waals surface area contributed by atoms with Crippen LogP contribution in [0.2, 0.25) is 0 Å². The van der Waals surface area contributed by atoms with Crippen LogP contribution in [0.15, 0.2) is 58.5 Å². The van der Waals surface area contributed by atoms with E-state index in [0.717, 1.165) is 16.9 Å². The van der Waals surface area contributed by atoms with Crippen molar-refractivity contribution in [1.82, 2.24) is 14.1 Å². The topological polar surface area (TPSA) is 39.8 Å². The second-order valence-electron chi connectivity index (χ2n) is 6.22. The van der Waals surface area contributed by atoms with Crippen molar-refractivity contribution >= 4 is 45.7 Å². The highest BCUT2D eigenvalue weighted by atomic mass is 32.2. The Balaban J connectivity index is 2.08. The molecule has 0 saturated heterocycles. The van der Waals surface area contributed by atoms with Crippen LogP contribution in [0.5, 0.6) is 0 Å². The lowest BCUT2D eigenvalue weighted by atomic mass is 10.1. The van der Waals surface area contributed by atoms with Gasteiger partial charge in [0.15, 0.2) is 14.8 Å². The number of nitrogens with zero attached hydrogens (tertiary/aromatic N) is 3. The van der Waals surface area contributed by atoms with Gasteiger partial charge in [-0.05, 0) is 56.1 Å². The van der Waals surface area contributed by atoms with Crippen molar-refractivity contribution in [1.29, 1.82) is 0 Å². The minimum Gasteiger partial charge on any atom is -0.275 e. The molecule has 0 unspecified atom stereocenters. The van der Waals surface area contributed by atoms with Gasteiger partial charge in [-0.2, -0.15) is 0 Å². The highest BCUT2D eigenvalue weighted by molar-refractivity contribution is 7.98. The first-order chi connectivity index (χ1) is 13.0. The van der Waals surface area contributed by atoms with Gasteiger partial charge in [-0.1, -0.05) is 59.0 Å². The van der Waals surface area contributed by atoms with Crippen LogP contribution >= 0.6 is 35.3 Å². The van der Waals surface area contributed by atoms with E-state index in [1.807, 2.05) is 60.2 Å². The SMILES string of the molecule is CSc1nc2c(sc(=S)n2-c2ccc(C)cc2C)c(=O)n1-c1ccccc1. The molecule has 2 aromatic heterocycles. The lowest BCUT2D eigenvalue weighted by Crippen LogP contribution is -2.21. The fourth-order valence-corrected chi connectivity index (χ4v) is 4.99. The van der Waals surface area contributed by atoms with E-state index in [2.05, 4.69) is 13.0 Å². The molecule has 0 aliphatic carbocycles. The molecule has 4 nitrogen and oxygen atoms in total. The molecule has 0 aliphatic heterocycles. The molecular weight excluding hydrogens is 394 g/mol. The summed E-state index contributed by atoms with van der Waals surface area (Å²) in [5, 5.41) is 0.644. The summed E-state index contributed by atoms with van der Waals surface area (Å²) in [6.45, 7) is 4.11. The summed E-state index contributed by atoms with van der Waals surface area (Å²) in [7, 11) is 0. The predicted octanol–water partition coefficient (Wildman–Crippen LogP) is 5.31. The fourth-order valence-electron chi connectivity index (χ4n) is 3.15. The Morgan fingerprint density at radius 1 is 1.07 bits per heavy atom. The van der Waals surface area contributed by atoms with Gasteiger partial charge in [0, 0.05) is 0 Å². The van der Waals surface area contributed by atoms with Gasteiger partial charge in [0.2, 0.25) is 0 Å². The van der Waals surface area contributed by atoms with Crippen LogP contribution in [0.3, 0.4) is 0 Å². The molecule has 0 aliphatic rings. The summed E-state index contributed by atoms with van der Waals surface area (Å²) < 4.78 is 4.77. The molecule has 0 atom stereocenters. The lowest BCUT2D eigenvalue weighted by molar-refractivity contribution is 0.813. The number of thioether (sulfide) groups is 1. The molecule has 0 N–H and O–H groups in total. The normalized spacial score (nSPS) is 11.2. The maximum Gasteiger partial charge on any atom is 0.278 e. The Morgan fingerprint density at radius 3 is 2.48 bits per heavy atom. The van der Waals surface area contributed by atoms with Crippen molar-refractivity contribution in [2.24, 2.45) is 0 Å². The Bertz CT molecular complexity index is 1270. The Hall–Kier alpha value is -2.22. The second kappa shape index (κ2) is 7.07. The van der Waals surface area contributed by atoms with Gasteiger partial charge in [0.1, 0.15) is 4.70 Å². The van der Waals surface area contributed by atoms with E-state index in [1.165, 1.54) is 28.7 Å². The number of hydrogen-bond acceptors (Lipinski definition) is 5. The van der Waals surface area contributed by atoms with Crippen molar-refractivity contribution in [3.63, 3.8) is 0 Å². The molecule has 7 heteroatoms. The first kappa shape index (κ1) is 18.2. The van der Waals surface area contributed by atoms with Gasteiger partial charge in [-0.3, -0.25) is 13.9 Å². The van der Waals surface area contributed by atoms with Crippen LogP contribution < -0.4 is 5.56 Å². The third-order valence-corrected chi connectivity index (χ3v) is 6.36. The van der Waals surface area contributed by atoms with Crippen LogP contribution in [0, 0.1) is 17.8 Å². The van der Waals surface area contributed by atoms with Crippen molar-refractivity contribution in [2.75, 3.05) is 6.26 Å². The molecule has 0 amide bonds. The molecule has 2 aromatic carbocycles. The van der Waals surface area contributed by atoms with E-state index in [-0.39, 0.29) is 5.56 Å². The molecule has 0 saturated carbocycles. The predicted molar refractivity (Wildman–Crippen MR) is 117 cm³/mol. The van der Waals surface area contributed by atoms with Crippen molar-refractivity contribution in [3.8, 4) is 11.4 Å². The number of fused-ring (bicyclic) bond motifs is 1. The van der Waals surface area contributed by atoms with Gasteiger partial charge >= 0.3 is 0 Å². The van der Waals surface area contributed by atoms with Crippen molar-refractivity contribution in [3.05, 3.63) is 74.0 Å². The molecule has 0 radical (unpaired) electrons. The monoisotopic (exact) mass is 411 g/mol. The number of aryl methyl sites for hydroxylation is 2. The average molecular weight is 412 g/mol. The summed E-state index contributed by atoms with van der Waals surface area (Å²) in [6, 6.07) is 15.8. The van der Waals surface area contributed by atoms with E-state index in [1.54, 1.807) is 4.57 Å². The minimum absolute atomic E-state index is 0.0878. The van der Waals surface area contributed by atoms with Crippen LogP contribution in [-0.4, -0.2) is 20.4 Å². The highest BCUT2D eigenvalue weighted by Gasteiger charge is 2.18. The third-order valence-electron chi connectivity index (χ3n) is 4.37. The minimum atomic E-state index is -0.0878. The van der Waals surface area contributed by atoms with Gasteiger partial charge in [-0.25, -0.2) is 4.98 Å². The lowest BCUT2D eigenvalue weighted by Gasteiger charge is -2.12. The summed E-state index contributed by atoms with van der Waals surface area (Å²) in [5.41, 5.74) is 4.59. The number of rotatable bonds is 3. The van der Waals surface area contributed by atoms with Crippen molar-refractivity contribution in [2.45, 2.75) is 19.0 Å². The molecule has 4 rings (SSSR count). The third kappa shape index (κ3) is 3.05.